The lowest BCUT2D eigenvalue weighted by atomic mass is 10.1. The molecule has 2 heterocycles. The average molecular weight is 369 g/mol. The van der Waals surface area contributed by atoms with Crippen LogP contribution in [0.25, 0.3) is 11.3 Å². The highest BCUT2D eigenvalue weighted by Gasteiger charge is 2.23. The number of aromatic nitrogens is 2. The number of hydrogen-bond acceptors (Lipinski definition) is 4. The maximum Gasteiger partial charge on any atom is 0.271 e. The standard InChI is InChI=1S/C16H18Cl2N4O2/c17-11-1-2-12(13(18)9-11)14-10-15(20-19-14)16(24)22-5-3-21(4-6-22)7-8-23/h1-2,9-10,23H,3-8H2,(H,19,20). The molecule has 0 radical (unpaired) electrons. The smallest absolute Gasteiger partial charge is 0.271 e. The fourth-order valence-corrected chi connectivity index (χ4v) is 3.26. The maximum absolute atomic E-state index is 12.6. The molecule has 0 saturated carbocycles. The third-order valence-electron chi connectivity index (χ3n) is 4.09. The molecule has 0 aliphatic carbocycles. The molecule has 1 amide bonds. The van der Waals surface area contributed by atoms with Crippen molar-refractivity contribution < 1.29 is 9.90 Å². The number of hydrogen-bond donors (Lipinski definition) is 2. The van der Waals surface area contributed by atoms with E-state index in [4.69, 9.17) is 28.3 Å². The van der Waals surface area contributed by atoms with Crippen molar-refractivity contribution >= 4 is 29.1 Å². The fraction of sp³-hybridized carbons (Fsp3) is 0.375. The summed E-state index contributed by atoms with van der Waals surface area (Å²) < 4.78 is 0. The largest absolute Gasteiger partial charge is 0.395 e. The predicted molar refractivity (Wildman–Crippen MR) is 93.5 cm³/mol. The molecule has 6 nitrogen and oxygen atoms in total. The van der Waals surface area contributed by atoms with Gasteiger partial charge in [0.25, 0.3) is 5.91 Å². The zero-order chi connectivity index (χ0) is 17.1. The molecule has 0 bridgehead atoms. The van der Waals surface area contributed by atoms with Gasteiger partial charge in [0.15, 0.2) is 0 Å². The zero-order valence-corrected chi connectivity index (χ0v) is 14.5. The number of carbonyl (C=O) groups is 1. The van der Waals surface area contributed by atoms with E-state index in [1.165, 1.54) is 0 Å². The van der Waals surface area contributed by atoms with Crippen LogP contribution in [0.2, 0.25) is 10.0 Å². The maximum atomic E-state index is 12.6. The van der Waals surface area contributed by atoms with Crippen LogP contribution in [0.4, 0.5) is 0 Å². The first kappa shape index (κ1) is 17.2. The van der Waals surface area contributed by atoms with E-state index in [2.05, 4.69) is 15.1 Å². The minimum atomic E-state index is -0.0810. The van der Waals surface area contributed by atoms with Crippen molar-refractivity contribution in [3.8, 4) is 11.3 Å². The lowest BCUT2D eigenvalue weighted by Crippen LogP contribution is -2.49. The Morgan fingerprint density at radius 1 is 1.21 bits per heavy atom. The topological polar surface area (TPSA) is 72.5 Å². The molecule has 8 heteroatoms. The van der Waals surface area contributed by atoms with Crippen LogP contribution in [-0.2, 0) is 0 Å². The molecule has 0 atom stereocenters. The van der Waals surface area contributed by atoms with Gasteiger partial charge in [0, 0.05) is 43.3 Å². The third-order valence-corrected chi connectivity index (χ3v) is 4.64. The summed E-state index contributed by atoms with van der Waals surface area (Å²) in [6.07, 6.45) is 0. The van der Waals surface area contributed by atoms with Gasteiger partial charge in [-0.2, -0.15) is 5.10 Å². The first-order valence-corrected chi connectivity index (χ1v) is 8.47. The van der Waals surface area contributed by atoms with Crippen molar-refractivity contribution in [1.82, 2.24) is 20.0 Å². The van der Waals surface area contributed by atoms with Crippen LogP contribution >= 0.6 is 23.2 Å². The van der Waals surface area contributed by atoms with Crippen molar-refractivity contribution in [3.63, 3.8) is 0 Å². The molecule has 1 aromatic carbocycles. The van der Waals surface area contributed by atoms with Crippen LogP contribution in [0.15, 0.2) is 24.3 Å². The SMILES string of the molecule is O=C(c1cc(-c2ccc(Cl)cc2Cl)n[nH]1)N1CCN(CCO)CC1. The minimum absolute atomic E-state index is 0.0810. The summed E-state index contributed by atoms with van der Waals surface area (Å²) in [4.78, 5) is 16.5. The van der Waals surface area contributed by atoms with E-state index in [1.807, 2.05) is 0 Å². The molecular formula is C16H18Cl2N4O2. The Morgan fingerprint density at radius 2 is 1.96 bits per heavy atom. The number of rotatable bonds is 4. The number of amides is 1. The van der Waals surface area contributed by atoms with Crippen molar-refractivity contribution in [2.24, 2.45) is 0 Å². The lowest BCUT2D eigenvalue weighted by molar-refractivity contribution is 0.0609. The van der Waals surface area contributed by atoms with Crippen molar-refractivity contribution in [2.75, 3.05) is 39.3 Å². The normalized spacial score (nSPS) is 15.7. The summed E-state index contributed by atoms with van der Waals surface area (Å²) in [5, 5.41) is 17.0. The van der Waals surface area contributed by atoms with Crippen molar-refractivity contribution in [2.45, 2.75) is 0 Å². The first-order chi connectivity index (χ1) is 11.6. The summed E-state index contributed by atoms with van der Waals surface area (Å²) in [5.41, 5.74) is 1.77. The molecule has 0 spiro atoms. The van der Waals surface area contributed by atoms with Gasteiger partial charge < -0.3 is 10.0 Å². The molecule has 24 heavy (non-hydrogen) atoms. The third kappa shape index (κ3) is 3.72. The van der Waals surface area contributed by atoms with E-state index in [0.29, 0.717) is 41.1 Å². The molecule has 128 valence electrons. The van der Waals surface area contributed by atoms with Crippen LogP contribution in [0.5, 0.6) is 0 Å². The average Bonchev–Trinajstić information content (AvgIpc) is 3.05. The highest BCUT2D eigenvalue weighted by atomic mass is 35.5. The number of carbonyl (C=O) groups excluding carboxylic acids is 1. The Bertz CT molecular complexity index is 727. The van der Waals surface area contributed by atoms with E-state index >= 15 is 0 Å². The molecule has 3 rings (SSSR count). The number of aromatic amines is 1. The van der Waals surface area contributed by atoms with E-state index in [0.717, 1.165) is 18.7 Å². The number of nitrogens with zero attached hydrogens (tertiary/aromatic N) is 3. The Kier molecular flexibility index (Phi) is 5.40. The van der Waals surface area contributed by atoms with Crippen molar-refractivity contribution in [1.29, 1.82) is 0 Å². The van der Waals surface area contributed by atoms with Crippen LogP contribution < -0.4 is 0 Å². The van der Waals surface area contributed by atoms with Gasteiger partial charge in [-0.25, -0.2) is 0 Å². The van der Waals surface area contributed by atoms with Crippen LogP contribution in [-0.4, -0.2) is 70.3 Å². The van der Waals surface area contributed by atoms with Crippen LogP contribution in [0.1, 0.15) is 10.5 Å². The second-order valence-electron chi connectivity index (χ2n) is 5.65. The van der Waals surface area contributed by atoms with E-state index in [-0.39, 0.29) is 12.5 Å². The lowest BCUT2D eigenvalue weighted by Gasteiger charge is -2.34. The van der Waals surface area contributed by atoms with Gasteiger partial charge in [-0.05, 0) is 24.3 Å². The predicted octanol–water partition coefficient (Wildman–Crippen LogP) is 2.13. The molecular weight excluding hydrogens is 351 g/mol. The number of aliphatic hydroxyl groups excluding tert-OH is 1. The quantitative estimate of drug-likeness (QED) is 0.866. The molecule has 1 aliphatic rings. The molecule has 1 saturated heterocycles. The van der Waals surface area contributed by atoms with Gasteiger partial charge in [0.05, 0.1) is 17.3 Å². The Balaban J connectivity index is 1.70. The Labute approximate surface area is 150 Å². The number of H-pyrrole nitrogens is 1. The van der Waals surface area contributed by atoms with E-state index in [9.17, 15) is 4.79 Å². The summed E-state index contributed by atoms with van der Waals surface area (Å²) in [6.45, 7) is 3.57. The van der Waals surface area contributed by atoms with Crippen molar-refractivity contribution in [3.05, 3.63) is 40.0 Å². The molecule has 1 aromatic heterocycles. The molecule has 1 aliphatic heterocycles. The van der Waals surface area contributed by atoms with Gasteiger partial charge >= 0.3 is 0 Å². The van der Waals surface area contributed by atoms with E-state index < -0.39 is 0 Å². The van der Waals surface area contributed by atoms with Crippen LogP contribution in [0, 0.1) is 0 Å². The molecule has 2 N–H and O–H groups in total. The van der Waals surface area contributed by atoms with Gasteiger partial charge in [0.2, 0.25) is 0 Å². The number of aliphatic hydroxyl groups is 1. The molecule has 0 unspecified atom stereocenters. The zero-order valence-electron chi connectivity index (χ0n) is 13.0. The van der Waals surface area contributed by atoms with Gasteiger partial charge in [-0.3, -0.25) is 14.8 Å². The Hall–Kier alpha value is -1.60. The summed E-state index contributed by atoms with van der Waals surface area (Å²) in [6, 6.07) is 6.87. The monoisotopic (exact) mass is 368 g/mol. The number of nitrogens with one attached hydrogen (secondary N) is 1. The highest BCUT2D eigenvalue weighted by molar-refractivity contribution is 6.36. The number of piperazine rings is 1. The second kappa shape index (κ2) is 7.53. The number of benzene rings is 1. The first-order valence-electron chi connectivity index (χ1n) is 7.72. The minimum Gasteiger partial charge on any atom is -0.395 e. The van der Waals surface area contributed by atoms with Crippen LogP contribution in [0.3, 0.4) is 0 Å². The Morgan fingerprint density at radius 3 is 2.62 bits per heavy atom. The molecule has 1 fully saturated rings. The van der Waals surface area contributed by atoms with Gasteiger partial charge in [-0.1, -0.05) is 23.2 Å². The summed E-state index contributed by atoms with van der Waals surface area (Å²) in [5.74, 6) is -0.0810. The van der Waals surface area contributed by atoms with Gasteiger partial charge in [-0.15, -0.1) is 0 Å². The second-order valence-corrected chi connectivity index (χ2v) is 6.49. The molecule has 2 aromatic rings. The number of halogens is 2. The number of β-amino-alcohol motifs (C(OH)–C–C–N with tert-alkyl or cyclic N) is 1. The summed E-state index contributed by atoms with van der Waals surface area (Å²) in [7, 11) is 0. The van der Waals surface area contributed by atoms with E-state index in [1.54, 1.807) is 29.2 Å². The van der Waals surface area contributed by atoms with Gasteiger partial charge in [0.1, 0.15) is 5.69 Å². The fourth-order valence-electron chi connectivity index (χ4n) is 2.75. The summed E-state index contributed by atoms with van der Waals surface area (Å²) >= 11 is 12.1. The highest BCUT2D eigenvalue weighted by Crippen LogP contribution is 2.29.